The third kappa shape index (κ3) is 3.44. The molecule has 0 aromatic carbocycles. The van der Waals surface area contributed by atoms with E-state index in [1.807, 2.05) is 6.07 Å². The summed E-state index contributed by atoms with van der Waals surface area (Å²) in [5.41, 5.74) is 5.67. The first-order chi connectivity index (χ1) is 10.3. The second-order valence-electron chi connectivity index (χ2n) is 6.24. The van der Waals surface area contributed by atoms with Crippen LogP contribution in [0.1, 0.15) is 19.3 Å². The van der Waals surface area contributed by atoms with E-state index in [4.69, 9.17) is 5.73 Å². The summed E-state index contributed by atoms with van der Waals surface area (Å²) in [5.74, 6) is 2.02. The van der Waals surface area contributed by atoms with Crippen LogP contribution in [0.2, 0.25) is 0 Å². The van der Waals surface area contributed by atoms with Gasteiger partial charge in [0.1, 0.15) is 5.82 Å². The van der Waals surface area contributed by atoms with Crippen LogP contribution in [0.3, 0.4) is 0 Å². The van der Waals surface area contributed by atoms with Crippen molar-refractivity contribution in [2.45, 2.75) is 19.3 Å². The Labute approximate surface area is 126 Å². The smallest absolute Gasteiger partial charge is 0.221 e. The Bertz CT molecular complexity index is 463. The van der Waals surface area contributed by atoms with Gasteiger partial charge in [-0.05, 0) is 37.9 Å². The highest BCUT2D eigenvalue weighted by Crippen LogP contribution is 2.28. The normalized spacial score (nSPS) is 27.2. The number of nitrogens with zero attached hydrogens (tertiary/aromatic N) is 4. The number of piperidine rings is 1. The van der Waals surface area contributed by atoms with Crippen LogP contribution < -0.4 is 10.6 Å². The van der Waals surface area contributed by atoms with Gasteiger partial charge in [-0.15, -0.1) is 0 Å². The van der Waals surface area contributed by atoms with E-state index in [0.29, 0.717) is 17.8 Å². The van der Waals surface area contributed by atoms with E-state index >= 15 is 0 Å². The second kappa shape index (κ2) is 6.58. The van der Waals surface area contributed by atoms with E-state index in [2.05, 4.69) is 19.8 Å². The molecule has 2 atom stereocenters. The van der Waals surface area contributed by atoms with Crippen LogP contribution >= 0.6 is 0 Å². The first-order valence-corrected chi connectivity index (χ1v) is 7.93. The molecule has 2 fully saturated rings. The Balaban J connectivity index is 1.64. The molecule has 1 aromatic rings. The van der Waals surface area contributed by atoms with E-state index in [-0.39, 0.29) is 6.61 Å². The van der Waals surface area contributed by atoms with Gasteiger partial charge in [0.2, 0.25) is 5.95 Å². The molecule has 3 N–H and O–H groups in total. The highest BCUT2D eigenvalue weighted by molar-refractivity contribution is 5.42. The molecule has 0 amide bonds. The number of hydrogen-bond donors (Lipinski definition) is 2. The SMILES string of the molecule is Nc1nccc(N2CC(CO)C(CN3CCCCC3)C2)n1. The van der Waals surface area contributed by atoms with Gasteiger partial charge in [0.15, 0.2) is 0 Å². The number of aliphatic hydroxyl groups is 1. The predicted octanol–water partition coefficient (Wildman–Crippen LogP) is 0.589. The lowest BCUT2D eigenvalue weighted by atomic mass is 9.95. The van der Waals surface area contributed by atoms with Gasteiger partial charge in [0.05, 0.1) is 0 Å². The molecule has 2 unspecified atom stereocenters. The fourth-order valence-corrected chi connectivity index (χ4v) is 3.55. The molecule has 21 heavy (non-hydrogen) atoms. The van der Waals surface area contributed by atoms with Crippen LogP contribution in [0, 0.1) is 11.8 Å². The Morgan fingerprint density at radius 1 is 1.19 bits per heavy atom. The van der Waals surface area contributed by atoms with Crippen LogP contribution in [-0.4, -0.2) is 59.3 Å². The summed E-state index contributed by atoms with van der Waals surface area (Å²) in [6.45, 7) is 5.53. The average Bonchev–Trinajstić information content (AvgIpc) is 2.91. The zero-order chi connectivity index (χ0) is 14.7. The number of nitrogen functional groups attached to an aromatic ring is 1. The molecule has 0 saturated carbocycles. The summed E-state index contributed by atoms with van der Waals surface area (Å²) in [7, 11) is 0. The molecule has 0 radical (unpaired) electrons. The lowest BCUT2D eigenvalue weighted by Crippen LogP contribution is -2.37. The molecule has 6 nitrogen and oxygen atoms in total. The minimum atomic E-state index is 0.246. The fraction of sp³-hybridized carbons (Fsp3) is 0.733. The van der Waals surface area contributed by atoms with Gasteiger partial charge in [-0.25, -0.2) is 4.98 Å². The number of rotatable bonds is 4. The molecule has 2 aliphatic rings. The third-order valence-corrected chi connectivity index (χ3v) is 4.74. The summed E-state index contributed by atoms with van der Waals surface area (Å²) < 4.78 is 0. The Morgan fingerprint density at radius 3 is 2.67 bits per heavy atom. The molecule has 6 heteroatoms. The largest absolute Gasteiger partial charge is 0.396 e. The van der Waals surface area contributed by atoms with Crippen molar-refractivity contribution in [3.05, 3.63) is 12.3 Å². The minimum Gasteiger partial charge on any atom is -0.396 e. The summed E-state index contributed by atoms with van der Waals surface area (Å²) in [6, 6.07) is 1.90. The molecular formula is C15H25N5O. The van der Waals surface area contributed by atoms with Gasteiger partial charge in [0.25, 0.3) is 0 Å². The molecule has 2 aliphatic heterocycles. The van der Waals surface area contributed by atoms with E-state index in [9.17, 15) is 5.11 Å². The number of likely N-dealkylation sites (tertiary alicyclic amines) is 1. The van der Waals surface area contributed by atoms with Gasteiger partial charge in [-0.1, -0.05) is 6.42 Å². The van der Waals surface area contributed by atoms with Crippen LogP contribution in [0.15, 0.2) is 12.3 Å². The summed E-state index contributed by atoms with van der Waals surface area (Å²) in [4.78, 5) is 13.0. The first-order valence-electron chi connectivity index (χ1n) is 7.93. The molecule has 116 valence electrons. The third-order valence-electron chi connectivity index (χ3n) is 4.74. The highest BCUT2D eigenvalue weighted by Gasteiger charge is 2.34. The average molecular weight is 291 g/mol. The zero-order valence-electron chi connectivity index (χ0n) is 12.5. The molecule has 0 bridgehead atoms. The van der Waals surface area contributed by atoms with Crippen LogP contribution in [0.4, 0.5) is 11.8 Å². The Kier molecular flexibility index (Phi) is 4.55. The molecule has 1 aromatic heterocycles. The topological polar surface area (TPSA) is 78.5 Å². The van der Waals surface area contributed by atoms with E-state index < -0.39 is 0 Å². The summed E-state index contributed by atoms with van der Waals surface area (Å²) in [6.07, 6.45) is 5.67. The number of anilines is 2. The molecule has 0 aliphatic carbocycles. The van der Waals surface area contributed by atoms with Gasteiger partial charge < -0.3 is 20.6 Å². The Morgan fingerprint density at radius 2 is 1.95 bits per heavy atom. The van der Waals surface area contributed by atoms with Gasteiger partial charge >= 0.3 is 0 Å². The van der Waals surface area contributed by atoms with Crippen molar-refractivity contribution in [3.8, 4) is 0 Å². The number of aromatic nitrogens is 2. The summed E-state index contributed by atoms with van der Waals surface area (Å²) in [5, 5.41) is 9.68. The van der Waals surface area contributed by atoms with Gasteiger partial charge in [-0.2, -0.15) is 4.98 Å². The fourth-order valence-electron chi connectivity index (χ4n) is 3.55. The zero-order valence-corrected chi connectivity index (χ0v) is 12.5. The van der Waals surface area contributed by atoms with Crippen molar-refractivity contribution in [2.24, 2.45) is 11.8 Å². The van der Waals surface area contributed by atoms with E-state index in [1.165, 1.54) is 32.4 Å². The maximum Gasteiger partial charge on any atom is 0.221 e. The van der Waals surface area contributed by atoms with Gasteiger partial charge in [0, 0.05) is 38.4 Å². The number of aliphatic hydroxyl groups excluding tert-OH is 1. The second-order valence-corrected chi connectivity index (χ2v) is 6.24. The van der Waals surface area contributed by atoms with E-state index in [1.54, 1.807) is 6.20 Å². The summed E-state index contributed by atoms with van der Waals surface area (Å²) >= 11 is 0. The van der Waals surface area contributed by atoms with Crippen molar-refractivity contribution >= 4 is 11.8 Å². The molecular weight excluding hydrogens is 266 g/mol. The van der Waals surface area contributed by atoms with Crippen molar-refractivity contribution < 1.29 is 5.11 Å². The molecule has 3 rings (SSSR count). The lowest BCUT2D eigenvalue weighted by Gasteiger charge is -2.30. The highest BCUT2D eigenvalue weighted by atomic mass is 16.3. The Hall–Kier alpha value is -1.40. The van der Waals surface area contributed by atoms with Crippen molar-refractivity contribution in [3.63, 3.8) is 0 Å². The standard InChI is InChI=1S/C15H25N5O/c16-15-17-5-4-14(18-15)20-9-12(13(10-20)11-21)8-19-6-2-1-3-7-19/h4-5,12-13,21H,1-3,6-11H2,(H2,16,17,18). The maximum absolute atomic E-state index is 9.68. The quantitative estimate of drug-likeness (QED) is 0.845. The van der Waals surface area contributed by atoms with Crippen LogP contribution in [0.25, 0.3) is 0 Å². The molecule has 3 heterocycles. The van der Waals surface area contributed by atoms with Crippen molar-refractivity contribution in [2.75, 3.05) is 50.0 Å². The number of nitrogens with two attached hydrogens (primary N) is 1. The first kappa shape index (κ1) is 14.5. The monoisotopic (exact) mass is 291 g/mol. The molecule has 2 saturated heterocycles. The van der Waals surface area contributed by atoms with Crippen LogP contribution in [-0.2, 0) is 0 Å². The minimum absolute atomic E-state index is 0.246. The van der Waals surface area contributed by atoms with Crippen molar-refractivity contribution in [1.82, 2.24) is 14.9 Å². The lowest BCUT2D eigenvalue weighted by molar-refractivity contribution is 0.149. The van der Waals surface area contributed by atoms with Crippen LogP contribution in [0.5, 0.6) is 0 Å². The van der Waals surface area contributed by atoms with Gasteiger partial charge in [-0.3, -0.25) is 0 Å². The maximum atomic E-state index is 9.68. The van der Waals surface area contributed by atoms with Crippen molar-refractivity contribution in [1.29, 1.82) is 0 Å². The number of hydrogen-bond acceptors (Lipinski definition) is 6. The van der Waals surface area contributed by atoms with E-state index in [0.717, 1.165) is 25.5 Å². The predicted molar refractivity (Wildman–Crippen MR) is 83.0 cm³/mol. The molecule has 0 spiro atoms.